The fourth-order valence-corrected chi connectivity index (χ4v) is 6.91. The molecule has 38 heavy (non-hydrogen) atoms. The number of carbonyl (C=O) groups excluding carboxylic acids is 1. The van der Waals surface area contributed by atoms with E-state index < -0.39 is 11.6 Å². The number of amides is 1. The SMILES string of the molecule is CC[C@H]1CC[C@H](N(Cc2cc(-c3ccncc3)ccc2OC)C(=O)c2sc3c(F)ccc(F)c3c2Cl)CC1. The van der Waals surface area contributed by atoms with Gasteiger partial charge in [-0.3, -0.25) is 9.78 Å². The van der Waals surface area contributed by atoms with Gasteiger partial charge in [-0.2, -0.15) is 0 Å². The highest BCUT2D eigenvalue weighted by Gasteiger charge is 2.33. The number of benzene rings is 2. The van der Waals surface area contributed by atoms with E-state index in [9.17, 15) is 13.6 Å². The van der Waals surface area contributed by atoms with Crippen molar-refractivity contribution in [2.24, 2.45) is 5.92 Å². The summed E-state index contributed by atoms with van der Waals surface area (Å²) in [5.74, 6) is -0.227. The second kappa shape index (κ2) is 11.4. The molecule has 0 unspecified atom stereocenters. The third-order valence-electron chi connectivity index (χ3n) is 7.61. The molecule has 0 atom stereocenters. The molecule has 1 aliphatic carbocycles. The molecular formula is C30H29ClF2N2O2S. The van der Waals surface area contributed by atoms with Crippen molar-refractivity contribution in [2.75, 3.05) is 7.11 Å². The Hall–Kier alpha value is -3.03. The zero-order chi connectivity index (χ0) is 26.8. The Kier molecular flexibility index (Phi) is 7.96. The Bertz CT molecular complexity index is 1450. The molecule has 8 heteroatoms. The summed E-state index contributed by atoms with van der Waals surface area (Å²) in [5.41, 5.74) is 2.83. The van der Waals surface area contributed by atoms with Crippen LogP contribution in [0, 0.1) is 17.6 Å². The fourth-order valence-electron chi connectivity index (χ4n) is 5.41. The predicted molar refractivity (Wildman–Crippen MR) is 149 cm³/mol. The minimum atomic E-state index is -0.636. The maximum Gasteiger partial charge on any atom is 0.266 e. The molecule has 1 fully saturated rings. The van der Waals surface area contributed by atoms with Gasteiger partial charge in [-0.1, -0.05) is 31.0 Å². The molecule has 1 aliphatic rings. The highest BCUT2D eigenvalue weighted by Crippen LogP contribution is 2.41. The average Bonchev–Trinajstić information content (AvgIpc) is 3.32. The van der Waals surface area contributed by atoms with Crippen molar-refractivity contribution in [1.82, 2.24) is 9.88 Å². The molecule has 4 nitrogen and oxygen atoms in total. The number of aromatic nitrogens is 1. The number of hydrogen-bond donors (Lipinski definition) is 0. The Morgan fingerprint density at radius 1 is 1.05 bits per heavy atom. The molecule has 0 saturated heterocycles. The first kappa shape index (κ1) is 26.6. The lowest BCUT2D eigenvalue weighted by Crippen LogP contribution is -2.41. The van der Waals surface area contributed by atoms with Gasteiger partial charge in [0, 0.05) is 30.5 Å². The summed E-state index contributed by atoms with van der Waals surface area (Å²) < 4.78 is 34.9. The molecule has 0 aliphatic heterocycles. The molecule has 198 valence electrons. The second-order valence-electron chi connectivity index (χ2n) is 9.76. The zero-order valence-corrected chi connectivity index (χ0v) is 22.9. The normalized spacial score (nSPS) is 17.5. The van der Waals surface area contributed by atoms with Gasteiger partial charge in [0.05, 0.1) is 22.2 Å². The van der Waals surface area contributed by atoms with Gasteiger partial charge >= 0.3 is 0 Å². The maximum atomic E-state index is 14.6. The topological polar surface area (TPSA) is 42.4 Å². The van der Waals surface area contributed by atoms with Gasteiger partial charge in [0.15, 0.2) is 0 Å². The molecule has 1 saturated carbocycles. The summed E-state index contributed by atoms with van der Waals surface area (Å²) in [7, 11) is 1.61. The lowest BCUT2D eigenvalue weighted by atomic mass is 9.83. The Balaban J connectivity index is 1.56. The van der Waals surface area contributed by atoms with Crippen LogP contribution in [0.3, 0.4) is 0 Å². The molecule has 5 rings (SSSR count). The summed E-state index contributed by atoms with van der Waals surface area (Å²) in [6, 6.07) is 11.9. The van der Waals surface area contributed by atoms with E-state index in [-0.39, 0.29) is 38.5 Å². The Morgan fingerprint density at radius 3 is 2.42 bits per heavy atom. The third-order valence-corrected chi connectivity index (χ3v) is 9.28. The van der Waals surface area contributed by atoms with E-state index in [2.05, 4.69) is 11.9 Å². The van der Waals surface area contributed by atoms with E-state index in [0.29, 0.717) is 11.7 Å². The van der Waals surface area contributed by atoms with Gasteiger partial charge in [0.1, 0.15) is 22.3 Å². The summed E-state index contributed by atoms with van der Waals surface area (Å²) in [6.45, 7) is 2.49. The fraction of sp³-hybridized carbons (Fsp3) is 0.333. The molecule has 0 bridgehead atoms. The van der Waals surface area contributed by atoms with Gasteiger partial charge < -0.3 is 9.64 Å². The minimum Gasteiger partial charge on any atom is -0.496 e. The predicted octanol–water partition coefficient (Wildman–Crippen LogP) is 8.51. The lowest BCUT2D eigenvalue weighted by molar-refractivity contribution is 0.0591. The highest BCUT2D eigenvalue weighted by molar-refractivity contribution is 7.21. The van der Waals surface area contributed by atoms with Crippen LogP contribution in [0.25, 0.3) is 21.2 Å². The first-order valence-corrected chi connectivity index (χ1v) is 14.0. The van der Waals surface area contributed by atoms with Crippen LogP contribution in [0.15, 0.2) is 54.9 Å². The summed E-state index contributed by atoms with van der Waals surface area (Å²) in [6.07, 6.45) is 8.38. The van der Waals surface area contributed by atoms with Crippen LogP contribution in [0.1, 0.15) is 54.3 Å². The molecular weight excluding hydrogens is 526 g/mol. The summed E-state index contributed by atoms with van der Waals surface area (Å²) in [5, 5.41) is -0.0660. The Labute approximate surface area is 230 Å². The van der Waals surface area contributed by atoms with Crippen LogP contribution in [-0.4, -0.2) is 28.9 Å². The third kappa shape index (κ3) is 5.14. The molecule has 0 radical (unpaired) electrons. The van der Waals surface area contributed by atoms with E-state index in [1.807, 2.05) is 35.2 Å². The van der Waals surface area contributed by atoms with Crippen molar-refractivity contribution < 1.29 is 18.3 Å². The second-order valence-corrected chi connectivity index (χ2v) is 11.2. The van der Waals surface area contributed by atoms with Crippen LogP contribution in [0.5, 0.6) is 5.75 Å². The van der Waals surface area contributed by atoms with Gasteiger partial charge in [0.25, 0.3) is 5.91 Å². The first-order chi connectivity index (χ1) is 18.4. The van der Waals surface area contributed by atoms with Gasteiger partial charge in [-0.05, 0) is 79.1 Å². The van der Waals surface area contributed by atoms with Crippen molar-refractivity contribution in [1.29, 1.82) is 0 Å². The molecule has 2 heterocycles. The summed E-state index contributed by atoms with van der Waals surface area (Å²) in [4.78, 5) is 20.2. The van der Waals surface area contributed by atoms with Crippen LogP contribution < -0.4 is 4.74 Å². The smallest absolute Gasteiger partial charge is 0.266 e. The van der Waals surface area contributed by atoms with Crippen molar-refractivity contribution in [2.45, 2.75) is 51.6 Å². The summed E-state index contributed by atoms with van der Waals surface area (Å²) >= 11 is 7.46. The number of fused-ring (bicyclic) bond motifs is 1. The molecule has 2 aromatic carbocycles. The van der Waals surface area contributed by atoms with E-state index in [1.54, 1.807) is 19.5 Å². The highest BCUT2D eigenvalue weighted by atomic mass is 35.5. The number of halogens is 3. The number of methoxy groups -OCH3 is 1. The van der Waals surface area contributed by atoms with Crippen LogP contribution >= 0.6 is 22.9 Å². The molecule has 2 aromatic heterocycles. The van der Waals surface area contributed by atoms with Crippen molar-refractivity contribution in [3.63, 3.8) is 0 Å². The van der Waals surface area contributed by atoms with Gasteiger partial charge in [-0.15, -0.1) is 11.3 Å². The number of carbonyl (C=O) groups is 1. The number of thiophene rings is 1. The minimum absolute atomic E-state index is 0.0180. The van der Waals surface area contributed by atoms with E-state index in [1.165, 1.54) is 0 Å². The van der Waals surface area contributed by atoms with E-state index >= 15 is 0 Å². The number of ether oxygens (including phenoxy) is 1. The van der Waals surface area contributed by atoms with Crippen molar-refractivity contribution >= 4 is 38.9 Å². The Morgan fingerprint density at radius 2 is 1.76 bits per heavy atom. The first-order valence-electron chi connectivity index (χ1n) is 12.9. The largest absolute Gasteiger partial charge is 0.496 e. The van der Waals surface area contributed by atoms with Gasteiger partial charge in [-0.25, -0.2) is 8.78 Å². The maximum absolute atomic E-state index is 14.6. The van der Waals surface area contributed by atoms with Crippen LogP contribution in [-0.2, 0) is 6.54 Å². The number of nitrogens with zero attached hydrogens (tertiary/aromatic N) is 2. The van der Waals surface area contributed by atoms with Crippen molar-refractivity contribution in [3.8, 4) is 16.9 Å². The average molecular weight is 555 g/mol. The quantitative estimate of drug-likeness (QED) is 0.230. The van der Waals surface area contributed by atoms with Crippen LogP contribution in [0.2, 0.25) is 5.02 Å². The molecule has 1 amide bonds. The van der Waals surface area contributed by atoms with Crippen LogP contribution in [0.4, 0.5) is 8.78 Å². The van der Waals surface area contributed by atoms with Gasteiger partial charge in [0.2, 0.25) is 0 Å². The van der Waals surface area contributed by atoms with E-state index in [4.69, 9.17) is 16.3 Å². The molecule has 4 aromatic rings. The monoisotopic (exact) mass is 554 g/mol. The molecule has 0 N–H and O–H groups in total. The number of pyridine rings is 1. The van der Waals surface area contributed by atoms with Crippen molar-refractivity contribution in [3.05, 3.63) is 82.0 Å². The lowest BCUT2D eigenvalue weighted by Gasteiger charge is -2.37. The standard InChI is InChI=1S/C30H29ClF2N2O2S/c1-3-18-4-7-22(8-5-18)35(30(36)29-27(31)26-23(32)9-10-24(33)28(26)38-29)17-21-16-20(6-11-25(21)37-2)19-12-14-34-15-13-19/h6,9-16,18,22H,3-5,7-8,17H2,1-2H3/t18-,22-. The molecule has 0 spiro atoms. The van der Waals surface area contributed by atoms with E-state index in [0.717, 1.165) is 72.3 Å². The zero-order valence-electron chi connectivity index (χ0n) is 21.3. The number of rotatable bonds is 7. The number of hydrogen-bond acceptors (Lipinski definition) is 4.